The monoisotopic (exact) mass is 349 g/mol. The van der Waals surface area contributed by atoms with Gasteiger partial charge in [0.1, 0.15) is 6.61 Å². The van der Waals surface area contributed by atoms with Gasteiger partial charge < -0.3 is 19.9 Å². The van der Waals surface area contributed by atoms with E-state index in [1.165, 1.54) is 0 Å². The van der Waals surface area contributed by atoms with Crippen molar-refractivity contribution in [2.45, 2.75) is 32.5 Å². The highest BCUT2D eigenvalue weighted by Crippen LogP contribution is 2.29. The highest BCUT2D eigenvalue weighted by atomic mass is 35.5. The van der Waals surface area contributed by atoms with E-state index in [4.69, 9.17) is 21.1 Å². The third kappa shape index (κ3) is 5.41. The van der Waals surface area contributed by atoms with Crippen LogP contribution in [0.4, 0.5) is 0 Å². The van der Waals surface area contributed by atoms with Crippen LogP contribution in [-0.4, -0.2) is 24.9 Å². The van der Waals surface area contributed by atoms with Crippen LogP contribution in [0.15, 0.2) is 42.5 Å². The lowest BCUT2D eigenvalue weighted by Gasteiger charge is -2.16. The standard InChI is InChI=1S/C19H24ClNO3/c1-3-17(12-22)21-11-14-7-8-18(19(10-14)23-2)24-13-15-5-4-6-16(20)9-15/h4-10,17,21-22H,3,11-13H2,1-2H3. The van der Waals surface area contributed by atoms with Crippen molar-refractivity contribution in [1.82, 2.24) is 5.32 Å². The second-order valence-corrected chi connectivity index (χ2v) is 6.01. The van der Waals surface area contributed by atoms with Crippen molar-refractivity contribution in [1.29, 1.82) is 0 Å². The fourth-order valence-electron chi connectivity index (χ4n) is 2.33. The van der Waals surface area contributed by atoms with Gasteiger partial charge in [0.05, 0.1) is 13.7 Å². The van der Waals surface area contributed by atoms with Crippen LogP contribution >= 0.6 is 11.6 Å². The molecule has 24 heavy (non-hydrogen) atoms. The van der Waals surface area contributed by atoms with Crippen molar-refractivity contribution in [2.75, 3.05) is 13.7 Å². The molecule has 2 aromatic rings. The van der Waals surface area contributed by atoms with Gasteiger partial charge in [0, 0.05) is 17.6 Å². The van der Waals surface area contributed by atoms with E-state index < -0.39 is 0 Å². The number of ether oxygens (including phenoxy) is 2. The minimum atomic E-state index is 0.106. The largest absolute Gasteiger partial charge is 0.493 e. The maximum absolute atomic E-state index is 9.23. The molecule has 4 nitrogen and oxygen atoms in total. The molecule has 0 fully saturated rings. The third-order valence-electron chi connectivity index (χ3n) is 3.82. The molecular formula is C19H24ClNO3. The molecule has 2 aromatic carbocycles. The van der Waals surface area contributed by atoms with Crippen molar-refractivity contribution in [3.05, 3.63) is 58.6 Å². The van der Waals surface area contributed by atoms with E-state index in [0.29, 0.717) is 29.7 Å². The number of aliphatic hydroxyl groups is 1. The van der Waals surface area contributed by atoms with Crippen molar-refractivity contribution >= 4 is 11.6 Å². The second-order valence-electron chi connectivity index (χ2n) is 5.57. The number of benzene rings is 2. The summed E-state index contributed by atoms with van der Waals surface area (Å²) in [5.41, 5.74) is 2.08. The Balaban J connectivity index is 2.00. The topological polar surface area (TPSA) is 50.7 Å². The van der Waals surface area contributed by atoms with Crippen molar-refractivity contribution in [3.63, 3.8) is 0 Å². The van der Waals surface area contributed by atoms with E-state index >= 15 is 0 Å². The van der Waals surface area contributed by atoms with Crippen LogP contribution < -0.4 is 14.8 Å². The molecule has 0 aliphatic heterocycles. The van der Waals surface area contributed by atoms with Gasteiger partial charge in [-0.15, -0.1) is 0 Å². The molecule has 0 saturated carbocycles. The Morgan fingerprint density at radius 1 is 1.12 bits per heavy atom. The lowest BCUT2D eigenvalue weighted by atomic mass is 10.1. The SMILES string of the molecule is CCC(CO)NCc1ccc(OCc2cccc(Cl)c2)c(OC)c1. The lowest BCUT2D eigenvalue weighted by Crippen LogP contribution is -2.31. The van der Waals surface area contributed by atoms with Crippen LogP contribution in [-0.2, 0) is 13.2 Å². The zero-order chi connectivity index (χ0) is 17.4. The molecule has 2 rings (SSSR count). The quantitative estimate of drug-likeness (QED) is 0.723. The number of halogens is 1. The number of hydrogen-bond donors (Lipinski definition) is 2. The van der Waals surface area contributed by atoms with Crippen LogP contribution in [0.1, 0.15) is 24.5 Å². The number of methoxy groups -OCH3 is 1. The van der Waals surface area contributed by atoms with Gasteiger partial charge in [-0.3, -0.25) is 0 Å². The molecule has 0 radical (unpaired) electrons. The summed E-state index contributed by atoms with van der Waals surface area (Å²) in [6, 6.07) is 13.5. The van der Waals surface area contributed by atoms with Crippen molar-refractivity contribution < 1.29 is 14.6 Å². The lowest BCUT2D eigenvalue weighted by molar-refractivity contribution is 0.238. The van der Waals surface area contributed by atoms with Gasteiger partial charge in [-0.2, -0.15) is 0 Å². The van der Waals surface area contributed by atoms with Gasteiger partial charge >= 0.3 is 0 Å². The summed E-state index contributed by atoms with van der Waals surface area (Å²) in [6.45, 7) is 3.27. The average molecular weight is 350 g/mol. The van der Waals surface area contributed by atoms with Crippen molar-refractivity contribution in [3.8, 4) is 11.5 Å². The summed E-state index contributed by atoms with van der Waals surface area (Å²) in [4.78, 5) is 0. The highest BCUT2D eigenvalue weighted by molar-refractivity contribution is 6.30. The molecule has 130 valence electrons. The molecule has 0 aromatic heterocycles. The number of hydrogen-bond acceptors (Lipinski definition) is 4. The first-order valence-electron chi connectivity index (χ1n) is 8.04. The Morgan fingerprint density at radius 3 is 2.62 bits per heavy atom. The van der Waals surface area contributed by atoms with E-state index in [0.717, 1.165) is 17.5 Å². The molecule has 0 spiro atoms. The highest BCUT2D eigenvalue weighted by Gasteiger charge is 2.08. The summed E-state index contributed by atoms with van der Waals surface area (Å²) in [6.07, 6.45) is 0.883. The van der Waals surface area contributed by atoms with Gasteiger partial charge in [-0.05, 0) is 41.8 Å². The van der Waals surface area contributed by atoms with E-state index in [-0.39, 0.29) is 12.6 Å². The fraction of sp³-hybridized carbons (Fsp3) is 0.368. The van der Waals surface area contributed by atoms with Gasteiger partial charge in [0.2, 0.25) is 0 Å². The fourth-order valence-corrected chi connectivity index (χ4v) is 2.54. The van der Waals surface area contributed by atoms with Gasteiger partial charge in [0.15, 0.2) is 11.5 Å². The minimum absolute atomic E-state index is 0.106. The summed E-state index contributed by atoms with van der Waals surface area (Å²) >= 11 is 5.99. The van der Waals surface area contributed by atoms with E-state index in [1.807, 2.05) is 49.4 Å². The molecular weight excluding hydrogens is 326 g/mol. The molecule has 0 saturated heterocycles. The zero-order valence-electron chi connectivity index (χ0n) is 14.1. The van der Waals surface area contributed by atoms with E-state index in [2.05, 4.69) is 5.32 Å². The molecule has 5 heteroatoms. The van der Waals surface area contributed by atoms with Crippen LogP contribution in [0.2, 0.25) is 5.02 Å². The second kappa shape index (κ2) is 9.52. The first kappa shape index (κ1) is 18.6. The molecule has 1 atom stereocenters. The van der Waals surface area contributed by atoms with Crippen LogP contribution in [0.25, 0.3) is 0 Å². The van der Waals surface area contributed by atoms with Crippen molar-refractivity contribution in [2.24, 2.45) is 0 Å². The zero-order valence-corrected chi connectivity index (χ0v) is 14.8. The number of rotatable bonds is 9. The van der Waals surface area contributed by atoms with Gasteiger partial charge in [0.25, 0.3) is 0 Å². The summed E-state index contributed by atoms with van der Waals surface area (Å²) in [5.74, 6) is 1.38. The van der Waals surface area contributed by atoms with Crippen LogP contribution in [0.3, 0.4) is 0 Å². The van der Waals surface area contributed by atoms with Gasteiger partial charge in [-0.25, -0.2) is 0 Å². The predicted octanol–water partition coefficient (Wildman–Crippen LogP) is 3.79. The molecule has 2 N–H and O–H groups in total. The Bertz CT molecular complexity index is 644. The van der Waals surface area contributed by atoms with Crippen LogP contribution in [0, 0.1) is 0 Å². The van der Waals surface area contributed by atoms with Crippen LogP contribution in [0.5, 0.6) is 11.5 Å². The number of aliphatic hydroxyl groups excluding tert-OH is 1. The maximum Gasteiger partial charge on any atom is 0.161 e. The van der Waals surface area contributed by atoms with E-state index in [1.54, 1.807) is 7.11 Å². The summed E-state index contributed by atoms with van der Waals surface area (Å²) < 4.78 is 11.3. The first-order chi connectivity index (χ1) is 11.7. The molecule has 0 aliphatic carbocycles. The molecule has 1 unspecified atom stereocenters. The Morgan fingerprint density at radius 2 is 1.96 bits per heavy atom. The number of nitrogens with one attached hydrogen (secondary N) is 1. The Kier molecular flexibility index (Phi) is 7.37. The molecule has 0 heterocycles. The first-order valence-corrected chi connectivity index (χ1v) is 8.42. The molecule has 0 aliphatic rings. The minimum Gasteiger partial charge on any atom is -0.493 e. The maximum atomic E-state index is 9.23. The average Bonchev–Trinajstić information content (AvgIpc) is 2.61. The predicted molar refractivity (Wildman–Crippen MR) is 96.8 cm³/mol. The normalized spacial score (nSPS) is 12.0. The third-order valence-corrected chi connectivity index (χ3v) is 4.05. The summed E-state index contributed by atoms with van der Waals surface area (Å²) in [7, 11) is 1.63. The Hall–Kier alpha value is -1.75. The van der Waals surface area contributed by atoms with E-state index in [9.17, 15) is 5.11 Å². The smallest absolute Gasteiger partial charge is 0.161 e. The molecule has 0 amide bonds. The summed E-state index contributed by atoms with van der Waals surface area (Å²) in [5, 5.41) is 13.2. The molecule has 0 bridgehead atoms. The van der Waals surface area contributed by atoms with Gasteiger partial charge in [-0.1, -0.05) is 36.7 Å². The Labute approximate surface area is 148 Å².